The molecule has 7 heteroatoms. The third-order valence-corrected chi connectivity index (χ3v) is 4.86. The third kappa shape index (κ3) is 4.11. The average molecular weight is 414 g/mol. The summed E-state index contributed by atoms with van der Waals surface area (Å²) in [5.41, 5.74) is 2.87. The van der Waals surface area contributed by atoms with Gasteiger partial charge in [0, 0.05) is 27.9 Å². The van der Waals surface area contributed by atoms with Crippen LogP contribution in [0.25, 0.3) is 23.4 Å². The van der Waals surface area contributed by atoms with Gasteiger partial charge < -0.3 is 9.30 Å². The maximum Gasteiger partial charge on any atom is 0.411 e. The van der Waals surface area contributed by atoms with E-state index in [1.807, 2.05) is 37.3 Å². The lowest BCUT2D eigenvalue weighted by atomic mass is 10.1. The molecule has 1 aromatic carbocycles. The van der Waals surface area contributed by atoms with Crippen LogP contribution in [0.2, 0.25) is 0 Å². The van der Waals surface area contributed by atoms with Crippen LogP contribution in [0.5, 0.6) is 0 Å². The summed E-state index contributed by atoms with van der Waals surface area (Å²) in [6.07, 6.45) is 6.21. The van der Waals surface area contributed by atoms with Crippen molar-refractivity contribution in [1.82, 2.24) is 4.57 Å². The van der Waals surface area contributed by atoms with Gasteiger partial charge in [0.1, 0.15) is 12.7 Å². The minimum absolute atomic E-state index is 0.141. The molecular formula is C21H20ClN3O2S. The van der Waals surface area contributed by atoms with E-state index in [4.69, 9.17) is 16.3 Å². The molecule has 0 aliphatic heterocycles. The zero-order valence-corrected chi connectivity index (χ0v) is 17.1. The minimum atomic E-state index is -0.563. The van der Waals surface area contributed by atoms with E-state index in [2.05, 4.69) is 34.7 Å². The molecule has 0 bridgehead atoms. The van der Waals surface area contributed by atoms with Gasteiger partial charge in [0.25, 0.3) is 0 Å². The number of benzene rings is 1. The van der Waals surface area contributed by atoms with Gasteiger partial charge in [0.2, 0.25) is 0 Å². The van der Waals surface area contributed by atoms with Gasteiger partial charge in [-0.15, -0.1) is 24.2 Å². The van der Waals surface area contributed by atoms with Crippen LogP contribution in [-0.4, -0.2) is 23.1 Å². The number of ether oxygens (including phenoxy) is 1. The Morgan fingerprint density at radius 2 is 2.25 bits per heavy atom. The van der Waals surface area contributed by atoms with Crippen molar-refractivity contribution in [2.75, 3.05) is 17.8 Å². The number of carbonyl (C=O) groups excluding carboxylic acids is 1. The summed E-state index contributed by atoms with van der Waals surface area (Å²) in [5.74, 6) is 0.239. The molecule has 0 fully saturated rings. The van der Waals surface area contributed by atoms with Gasteiger partial charge in [-0.25, -0.2) is 4.79 Å². The van der Waals surface area contributed by atoms with Gasteiger partial charge in [-0.1, -0.05) is 24.3 Å². The van der Waals surface area contributed by atoms with Gasteiger partial charge in [-0.05, 0) is 31.6 Å². The molecule has 1 aliphatic rings. The maximum atomic E-state index is 11.8. The van der Waals surface area contributed by atoms with Crippen molar-refractivity contribution in [3.8, 4) is 17.3 Å². The van der Waals surface area contributed by atoms with Crippen molar-refractivity contribution in [1.29, 1.82) is 5.26 Å². The first-order valence-electron chi connectivity index (χ1n) is 8.92. The number of aromatic nitrogens is 1. The number of halogens is 1. The molecule has 144 valence electrons. The molecule has 5 nitrogen and oxygen atoms in total. The lowest BCUT2D eigenvalue weighted by Crippen LogP contribution is -2.29. The number of nitriles is 1. The van der Waals surface area contributed by atoms with Crippen molar-refractivity contribution < 1.29 is 9.53 Å². The number of rotatable bonds is 5. The number of anilines is 1. The molecule has 0 saturated heterocycles. The highest BCUT2D eigenvalue weighted by atomic mass is 35.5. The quantitative estimate of drug-likeness (QED) is 0.581. The molecule has 1 aromatic heterocycles. The molecule has 0 unspecified atom stereocenters. The first-order valence-corrected chi connectivity index (χ1v) is 9.91. The Bertz CT molecular complexity index is 1100. The number of carbonyl (C=O) groups is 1. The second-order valence-electron chi connectivity index (χ2n) is 6.12. The van der Waals surface area contributed by atoms with Crippen molar-refractivity contribution in [2.45, 2.75) is 19.9 Å². The highest BCUT2D eigenvalue weighted by molar-refractivity contribution is 7.85. The number of fused-ring (bicyclic) bond motifs is 1. The fourth-order valence-corrected chi connectivity index (χ4v) is 3.59. The largest absolute Gasteiger partial charge is 0.448 e. The van der Waals surface area contributed by atoms with E-state index in [1.165, 1.54) is 0 Å². The Balaban J connectivity index is 2.12. The van der Waals surface area contributed by atoms with Gasteiger partial charge in [-0.2, -0.15) is 5.26 Å². The SMILES string of the molecule is CCn1c(-c2cccc(NC(=O)OCCCl)c2)c(C#N)c2c1=CC(S)=CCC=2. The van der Waals surface area contributed by atoms with E-state index in [-0.39, 0.29) is 12.5 Å². The zero-order chi connectivity index (χ0) is 20.1. The van der Waals surface area contributed by atoms with E-state index in [0.717, 1.165) is 33.2 Å². The molecule has 2 aromatic rings. The van der Waals surface area contributed by atoms with Crippen LogP contribution < -0.4 is 15.9 Å². The van der Waals surface area contributed by atoms with Gasteiger partial charge in [0.05, 0.1) is 22.5 Å². The van der Waals surface area contributed by atoms with E-state index in [1.54, 1.807) is 6.07 Å². The van der Waals surface area contributed by atoms with Crippen molar-refractivity contribution >= 4 is 48.2 Å². The number of hydrogen-bond acceptors (Lipinski definition) is 4. The van der Waals surface area contributed by atoms with E-state index >= 15 is 0 Å². The zero-order valence-electron chi connectivity index (χ0n) is 15.4. The highest BCUT2D eigenvalue weighted by Crippen LogP contribution is 2.25. The van der Waals surface area contributed by atoms with Gasteiger partial charge >= 0.3 is 6.09 Å². The molecule has 1 amide bonds. The third-order valence-electron chi connectivity index (χ3n) is 4.40. The smallest absolute Gasteiger partial charge is 0.411 e. The van der Waals surface area contributed by atoms with Gasteiger partial charge in [0.15, 0.2) is 0 Å². The highest BCUT2D eigenvalue weighted by Gasteiger charge is 2.17. The van der Waals surface area contributed by atoms with Gasteiger partial charge in [-0.3, -0.25) is 5.32 Å². The molecule has 0 atom stereocenters. The van der Waals surface area contributed by atoms with Crippen molar-refractivity contribution in [3.63, 3.8) is 0 Å². The Morgan fingerprint density at radius 3 is 2.96 bits per heavy atom. The number of alkyl halides is 1. The summed E-state index contributed by atoms with van der Waals surface area (Å²) in [6.45, 7) is 2.87. The molecule has 0 radical (unpaired) electrons. The Hall–Kier alpha value is -2.62. The van der Waals surface area contributed by atoms with E-state index in [0.29, 0.717) is 17.8 Å². The normalized spacial score (nSPS) is 12.6. The van der Waals surface area contributed by atoms with Crippen molar-refractivity contribution in [3.05, 3.63) is 51.4 Å². The predicted molar refractivity (Wildman–Crippen MR) is 116 cm³/mol. The van der Waals surface area contributed by atoms with Crippen LogP contribution >= 0.6 is 24.2 Å². The molecule has 1 aliphatic carbocycles. The first-order chi connectivity index (χ1) is 13.6. The lowest BCUT2D eigenvalue weighted by Gasteiger charge is -2.11. The van der Waals surface area contributed by atoms with Crippen LogP contribution in [0.4, 0.5) is 10.5 Å². The number of allylic oxidation sites excluding steroid dienone is 2. The number of nitrogens with one attached hydrogen (secondary N) is 1. The first kappa shape index (κ1) is 20.1. The molecular weight excluding hydrogens is 394 g/mol. The summed E-state index contributed by atoms with van der Waals surface area (Å²) >= 11 is 10.0. The van der Waals surface area contributed by atoms with Crippen LogP contribution in [0.1, 0.15) is 18.9 Å². The lowest BCUT2D eigenvalue weighted by molar-refractivity contribution is 0.168. The average Bonchev–Trinajstić information content (AvgIpc) is 2.85. The summed E-state index contributed by atoms with van der Waals surface area (Å²) in [4.78, 5) is 12.7. The number of amides is 1. The molecule has 0 spiro atoms. The monoisotopic (exact) mass is 413 g/mol. The minimum Gasteiger partial charge on any atom is -0.448 e. The standard InChI is InChI=1S/C21H20ClN3O2S/c1-2-25-19-12-16(28)7-4-8-17(19)18(13-23)20(25)14-5-3-6-15(11-14)24-21(26)27-10-9-22/h3,5-8,11-12,28H,2,4,9-10H2,1H3,(H,24,26). The van der Waals surface area contributed by atoms with Crippen LogP contribution in [0.15, 0.2) is 35.2 Å². The molecule has 1 heterocycles. The summed E-state index contributed by atoms with van der Waals surface area (Å²) in [5, 5.41) is 14.5. The molecule has 28 heavy (non-hydrogen) atoms. The Morgan fingerprint density at radius 1 is 1.43 bits per heavy atom. The summed E-state index contributed by atoms with van der Waals surface area (Å²) in [7, 11) is 0. The maximum absolute atomic E-state index is 11.8. The topological polar surface area (TPSA) is 67.1 Å². The molecule has 3 rings (SSSR count). The van der Waals surface area contributed by atoms with Crippen LogP contribution in [0.3, 0.4) is 0 Å². The van der Waals surface area contributed by atoms with E-state index < -0.39 is 6.09 Å². The number of nitrogens with zero attached hydrogens (tertiary/aromatic N) is 2. The molecule has 0 saturated carbocycles. The predicted octanol–water partition coefficient (Wildman–Crippen LogP) is 3.61. The Kier molecular flexibility index (Phi) is 6.50. The number of thiol groups is 1. The molecule has 1 N–H and O–H groups in total. The fourth-order valence-electron chi connectivity index (χ4n) is 3.29. The fraction of sp³-hybridized carbons (Fsp3) is 0.238. The van der Waals surface area contributed by atoms with Crippen LogP contribution in [-0.2, 0) is 11.3 Å². The van der Waals surface area contributed by atoms with Crippen molar-refractivity contribution in [2.24, 2.45) is 0 Å². The number of hydrogen-bond donors (Lipinski definition) is 2. The van der Waals surface area contributed by atoms with E-state index in [9.17, 15) is 10.1 Å². The summed E-state index contributed by atoms with van der Waals surface area (Å²) < 4.78 is 7.06. The second kappa shape index (κ2) is 9.05. The summed E-state index contributed by atoms with van der Waals surface area (Å²) in [6, 6.07) is 9.73. The van der Waals surface area contributed by atoms with Crippen LogP contribution in [0, 0.1) is 11.3 Å². The Labute approximate surface area is 174 Å². The second-order valence-corrected chi connectivity index (χ2v) is 7.02.